The number of aromatic amines is 1. The van der Waals surface area contributed by atoms with Gasteiger partial charge in [0.2, 0.25) is 0 Å². The van der Waals surface area contributed by atoms with E-state index in [1.807, 2.05) is 6.07 Å². The van der Waals surface area contributed by atoms with Crippen LogP contribution in [-0.2, 0) is 0 Å². The molecule has 0 amide bonds. The van der Waals surface area contributed by atoms with Crippen LogP contribution in [0.2, 0.25) is 0 Å². The Morgan fingerprint density at radius 3 is 2.67 bits per heavy atom. The summed E-state index contributed by atoms with van der Waals surface area (Å²) in [4.78, 5) is 3.37. The maximum Gasteiger partial charge on any atom is 0.0656 e. The van der Waals surface area contributed by atoms with Crippen molar-refractivity contribution in [3.63, 3.8) is 0 Å². The van der Waals surface area contributed by atoms with E-state index in [9.17, 15) is 0 Å². The Bertz CT molecular complexity index is 859. The number of benzene rings is 2. The molecule has 120 valence electrons. The van der Waals surface area contributed by atoms with Gasteiger partial charge in [0, 0.05) is 23.5 Å². The van der Waals surface area contributed by atoms with E-state index in [4.69, 9.17) is 0 Å². The van der Waals surface area contributed by atoms with Crippen molar-refractivity contribution >= 4 is 17.0 Å². The van der Waals surface area contributed by atoms with E-state index < -0.39 is 0 Å². The predicted molar refractivity (Wildman–Crippen MR) is 104 cm³/mol. The first-order chi connectivity index (χ1) is 11.9. The Balaban J connectivity index is 1.92. The highest BCUT2D eigenvalue weighted by Gasteiger charge is 2.10. The van der Waals surface area contributed by atoms with Gasteiger partial charge in [-0.2, -0.15) is 0 Å². The normalized spacial score (nSPS) is 12.2. The van der Waals surface area contributed by atoms with Gasteiger partial charge >= 0.3 is 0 Å². The first-order valence-electron chi connectivity index (χ1n) is 8.66. The molecule has 0 aliphatic heterocycles. The fourth-order valence-corrected chi connectivity index (χ4v) is 2.80. The summed E-state index contributed by atoms with van der Waals surface area (Å²) in [6.07, 6.45) is 9.79. The number of allylic oxidation sites excluding steroid dienone is 1. The SMILES string of the molecule is CCCCC#CC(/C=C/c1ccccc1)c1c[nH]c2ccccc12. The molecule has 0 fully saturated rings. The van der Waals surface area contributed by atoms with Crippen LogP contribution in [-0.4, -0.2) is 4.98 Å². The largest absolute Gasteiger partial charge is 0.361 e. The minimum atomic E-state index is 0.109. The summed E-state index contributed by atoms with van der Waals surface area (Å²) >= 11 is 0. The average Bonchev–Trinajstić information content (AvgIpc) is 3.06. The molecule has 3 rings (SSSR count). The number of rotatable bonds is 5. The zero-order valence-electron chi connectivity index (χ0n) is 14.1. The maximum atomic E-state index is 3.46. The number of H-pyrrole nitrogens is 1. The molecule has 1 heteroatoms. The molecule has 1 N–H and O–H groups in total. The van der Waals surface area contributed by atoms with Gasteiger partial charge in [-0.15, -0.1) is 5.92 Å². The number of nitrogens with one attached hydrogen (secondary N) is 1. The number of hydrogen-bond donors (Lipinski definition) is 1. The van der Waals surface area contributed by atoms with Crippen LogP contribution in [0.15, 0.2) is 66.9 Å². The lowest BCUT2D eigenvalue weighted by Gasteiger charge is -2.05. The van der Waals surface area contributed by atoms with Crippen LogP contribution in [0.1, 0.15) is 43.2 Å². The third kappa shape index (κ3) is 3.97. The Labute approximate surface area is 144 Å². The first-order valence-corrected chi connectivity index (χ1v) is 8.66. The van der Waals surface area contributed by atoms with Crippen LogP contribution in [0.25, 0.3) is 17.0 Å². The van der Waals surface area contributed by atoms with E-state index in [2.05, 4.69) is 90.6 Å². The molecule has 0 bridgehead atoms. The second-order valence-corrected chi connectivity index (χ2v) is 5.96. The van der Waals surface area contributed by atoms with Crippen molar-refractivity contribution in [1.29, 1.82) is 0 Å². The van der Waals surface area contributed by atoms with Crippen LogP contribution < -0.4 is 0 Å². The van der Waals surface area contributed by atoms with Gasteiger partial charge in [0.05, 0.1) is 5.92 Å². The van der Waals surface area contributed by atoms with Crippen LogP contribution >= 0.6 is 0 Å². The first kappa shape index (κ1) is 16.1. The van der Waals surface area contributed by atoms with E-state index in [1.165, 1.54) is 28.5 Å². The molecule has 0 radical (unpaired) electrons. The average molecular weight is 313 g/mol. The van der Waals surface area contributed by atoms with Gasteiger partial charge < -0.3 is 4.98 Å². The van der Waals surface area contributed by atoms with E-state index in [1.54, 1.807) is 0 Å². The smallest absolute Gasteiger partial charge is 0.0656 e. The fraction of sp³-hybridized carbons (Fsp3) is 0.217. The molecule has 1 unspecified atom stereocenters. The van der Waals surface area contributed by atoms with Crippen LogP contribution in [0.4, 0.5) is 0 Å². The lowest BCUT2D eigenvalue weighted by molar-refractivity contribution is 0.827. The standard InChI is InChI=1S/C23H23N/c1-2-3-4-8-13-20(17-16-19-11-6-5-7-12-19)22-18-24-23-15-10-9-14-21(22)23/h5-7,9-12,14-18,20,24H,2-4H2,1H3/b17-16+. The Morgan fingerprint density at radius 2 is 1.83 bits per heavy atom. The molecule has 0 aliphatic carbocycles. The van der Waals surface area contributed by atoms with Gasteiger partial charge in [-0.3, -0.25) is 0 Å². The molecule has 1 aromatic heterocycles. The van der Waals surface area contributed by atoms with Gasteiger partial charge in [0.15, 0.2) is 0 Å². The highest BCUT2D eigenvalue weighted by Crippen LogP contribution is 2.27. The minimum Gasteiger partial charge on any atom is -0.361 e. The maximum absolute atomic E-state index is 3.46. The van der Waals surface area contributed by atoms with Crippen molar-refractivity contribution in [2.45, 2.75) is 32.1 Å². The number of fused-ring (bicyclic) bond motifs is 1. The van der Waals surface area contributed by atoms with Crippen molar-refractivity contribution in [2.75, 3.05) is 0 Å². The second-order valence-electron chi connectivity index (χ2n) is 5.96. The molecule has 1 atom stereocenters. The third-order valence-electron chi connectivity index (χ3n) is 4.15. The van der Waals surface area contributed by atoms with Gasteiger partial charge in [0.25, 0.3) is 0 Å². The molecular weight excluding hydrogens is 290 g/mol. The van der Waals surface area contributed by atoms with E-state index >= 15 is 0 Å². The van der Waals surface area contributed by atoms with Crippen molar-refractivity contribution in [2.24, 2.45) is 0 Å². The minimum absolute atomic E-state index is 0.109. The molecule has 0 saturated carbocycles. The van der Waals surface area contributed by atoms with Gasteiger partial charge in [-0.1, -0.05) is 79.9 Å². The van der Waals surface area contributed by atoms with E-state index in [-0.39, 0.29) is 5.92 Å². The summed E-state index contributed by atoms with van der Waals surface area (Å²) in [5, 5.41) is 1.25. The summed E-state index contributed by atoms with van der Waals surface area (Å²) in [5.74, 6) is 6.93. The molecule has 0 aliphatic rings. The predicted octanol–water partition coefficient (Wildman–Crippen LogP) is 6.16. The Morgan fingerprint density at radius 1 is 1.04 bits per heavy atom. The highest BCUT2D eigenvalue weighted by molar-refractivity contribution is 5.84. The van der Waals surface area contributed by atoms with Crippen molar-refractivity contribution in [3.8, 4) is 11.8 Å². The van der Waals surface area contributed by atoms with Gasteiger partial charge in [-0.25, -0.2) is 0 Å². The molecule has 1 nitrogen and oxygen atoms in total. The third-order valence-corrected chi connectivity index (χ3v) is 4.15. The van der Waals surface area contributed by atoms with Crippen LogP contribution in [0, 0.1) is 11.8 Å². The van der Waals surface area contributed by atoms with Crippen molar-refractivity contribution < 1.29 is 0 Å². The summed E-state index contributed by atoms with van der Waals surface area (Å²) in [5.41, 5.74) is 3.63. The number of unbranched alkanes of at least 4 members (excludes halogenated alkanes) is 2. The zero-order valence-corrected chi connectivity index (χ0v) is 14.1. The monoisotopic (exact) mass is 313 g/mol. The molecule has 24 heavy (non-hydrogen) atoms. The Kier molecular flexibility index (Phi) is 5.53. The van der Waals surface area contributed by atoms with E-state index in [0.717, 1.165) is 12.8 Å². The molecule has 2 aromatic carbocycles. The lowest BCUT2D eigenvalue weighted by Crippen LogP contribution is -1.90. The summed E-state index contributed by atoms with van der Waals surface area (Å²) in [6, 6.07) is 18.8. The quantitative estimate of drug-likeness (QED) is 0.429. The lowest BCUT2D eigenvalue weighted by atomic mass is 9.97. The fourth-order valence-electron chi connectivity index (χ4n) is 2.80. The highest BCUT2D eigenvalue weighted by atomic mass is 14.7. The van der Waals surface area contributed by atoms with Crippen LogP contribution in [0.3, 0.4) is 0 Å². The van der Waals surface area contributed by atoms with Crippen molar-refractivity contribution in [3.05, 3.63) is 78.0 Å². The summed E-state index contributed by atoms with van der Waals surface area (Å²) in [6.45, 7) is 2.20. The molecular formula is C23H23N. The Hall–Kier alpha value is -2.72. The molecule has 0 saturated heterocycles. The van der Waals surface area contributed by atoms with Crippen molar-refractivity contribution in [1.82, 2.24) is 4.98 Å². The van der Waals surface area contributed by atoms with Crippen LogP contribution in [0.5, 0.6) is 0 Å². The summed E-state index contributed by atoms with van der Waals surface area (Å²) < 4.78 is 0. The van der Waals surface area contributed by atoms with Gasteiger partial charge in [0.1, 0.15) is 0 Å². The number of hydrogen-bond acceptors (Lipinski definition) is 0. The molecule has 1 heterocycles. The van der Waals surface area contributed by atoms with Gasteiger partial charge in [-0.05, 0) is 23.6 Å². The summed E-state index contributed by atoms with van der Waals surface area (Å²) in [7, 11) is 0. The topological polar surface area (TPSA) is 15.8 Å². The molecule has 3 aromatic rings. The van der Waals surface area contributed by atoms with E-state index in [0.29, 0.717) is 0 Å². The second kappa shape index (κ2) is 8.22. The number of aromatic nitrogens is 1. The zero-order chi connectivity index (χ0) is 16.6. The number of para-hydroxylation sites is 1. The molecule has 0 spiro atoms.